The first kappa shape index (κ1) is 10.8. The molecule has 0 radical (unpaired) electrons. The van der Waals surface area contributed by atoms with Crippen LogP contribution in [0.3, 0.4) is 0 Å². The van der Waals surface area contributed by atoms with Crippen molar-refractivity contribution in [2.75, 3.05) is 6.26 Å². The molecule has 14 heavy (non-hydrogen) atoms. The van der Waals surface area contributed by atoms with Gasteiger partial charge < -0.3 is 5.32 Å². The van der Waals surface area contributed by atoms with Crippen LogP contribution >= 0.6 is 11.8 Å². The van der Waals surface area contributed by atoms with Gasteiger partial charge in [0.15, 0.2) is 0 Å². The molecule has 2 saturated carbocycles. The molecule has 0 bridgehead atoms. The fourth-order valence-corrected chi connectivity index (χ4v) is 3.63. The lowest BCUT2D eigenvalue weighted by atomic mass is 9.94. The highest BCUT2D eigenvalue weighted by molar-refractivity contribution is 7.99. The summed E-state index contributed by atoms with van der Waals surface area (Å²) in [6.07, 6.45) is 13.7. The van der Waals surface area contributed by atoms with Crippen molar-refractivity contribution in [2.24, 2.45) is 0 Å². The molecule has 0 unspecified atom stereocenters. The van der Waals surface area contributed by atoms with Crippen molar-refractivity contribution in [1.29, 1.82) is 0 Å². The third-order valence-electron chi connectivity index (χ3n) is 3.83. The van der Waals surface area contributed by atoms with Crippen LogP contribution in [-0.2, 0) is 0 Å². The fraction of sp³-hybridized carbons (Fsp3) is 1.00. The molecule has 0 atom stereocenters. The zero-order valence-corrected chi connectivity index (χ0v) is 10.1. The van der Waals surface area contributed by atoms with Crippen LogP contribution in [0.25, 0.3) is 0 Å². The molecular weight excluding hydrogens is 190 g/mol. The zero-order valence-electron chi connectivity index (χ0n) is 9.30. The van der Waals surface area contributed by atoms with E-state index >= 15 is 0 Å². The molecule has 1 N–H and O–H groups in total. The Hall–Kier alpha value is 0.310. The van der Waals surface area contributed by atoms with Crippen molar-refractivity contribution in [3.8, 4) is 0 Å². The van der Waals surface area contributed by atoms with Gasteiger partial charge in [0.2, 0.25) is 0 Å². The summed E-state index contributed by atoms with van der Waals surface area (Å²) in [6.45, 7) is 0. The number of hydrogen-bond acceptors (Lipinski definition) is 2. The van der Waals surface area contributed by atoms with Crippen LogP contribution in [0.2, 0.25) is 0 Å². The molecule has 0 aromatic heterocycles. The monoisotopic (exact) mass is 213 g/mol. The summed E-state index contributed by atoms with van der Waals surface area (Å²) in [5.41, 5.74) is 0. The second-order valence-corrected chi connectivity index (χ2v) is 6.00. The van der Waals surface area contributed by atoms with E-state index in [1.807, 2.05) is 0 Å². The van der Waals surface area contributed by atoms with E-state index in [9.17, 15) is 0 Å². The molecule has 0 saturated heterocycles. The van der Waals surface area contributed by atoms with E-state index in [4.69, 9.17) is 0 Å². The van der Waals surface area contributed by atoms with Gasteiger partial charge in [0.25, 0.3) is 0 Å². The standard InChI is InChI=1S/C12H23NS/c1-14-12-8-6-11(7-9-12)13-10-4-2-3-5-10/h10-13H,2-9H2,1H3. The van der Waals surface area contributed by atoms with Gasteiger partial charge in [0.05, 0.1) is 0 Å². The van der Waals surface area contributed by atoms with Crippen molar-refractivity contribution in [3.05, 3.63) is 0 Å². The van der Waals surface area contributed by atoms with Crippen molar-refractivity contribution < 1.29 is 0 Å². The third-order valence-corrected chi connectivity index (χ3v) is 4.97. The van der Waals surface area contributed by atoms with Crippen LogP contribution in [0.1, 0.15) is 51.4 Å². The summed E-state index contributed by atoms with van der Waals surface area (Å²) in [5, 5.41) is 4.81. The van der Waals surface area contributed by atoms with Crippen LogP contribution in [-0.4, -0.2) is 23.6 Å². The molecule has 82 valence electrons. The van der Waals surface area contributed by atoms with E-state index in [0.29, 0.717) is 0 Å². The maximum absolute atomic E-state index is 3.85. The summed E-state index contributed by atoms with van der Waals surface area (Å²) in [5.74, 6) is 0. The fourth-order valence-electron chi connectivity index (χ4n) is 2.89. The molecule has 2 rings (SSSR count). The Labute approximate surface area is 92.4 Å². The van der Waals surface area contributed by atoms with Gasteiger partial charge in [-0.15, -0.1) is 0 Å². The molecule has 2 heteroatoms. The average molecular weight is 213 g/mol. The maximum Gasteiger partial charge on any atom is 0.00704 e. The van der Waals surface area contributed by atoms with Crippen molar-refractivity contribution in [3.63, 3.8) is 0 Å². The Morgan fingerprint density at radius 3 is 2.00 bits per heavy atom. The number of thioether (sulfide) groups is 1. The van der Waals surface area contributed by atoms with E-state index in [1.165, 1.54) is 51.4 Å². The smallest absolute Gasteiger partial charge is 0.00704 e. The molecule has 0 aromatic rings. The molecule has 2 aliphatic rings. The molecule has 0 aromatic carbocycles. The van der Waals surface area contributed by atoms with Crippen LogP contribution < -0.4 is 5.32 Å². The zero-order chi connectivity index (χ0) is 9.80. The third kappa shape index (κ3) is 2.90. The first-order chi connectivity index (χ1) is 6.88. The lowest BCUT2D eigenvalue weighted by Crippen LogP contribution is -2.39. The first-order valence-corrected chi connectivity index (χ1v) is 7.46. The molecule has 2 fully saturated rings. The van der Waals surface area contributed by atoms with Crippen LogP contribution in [0.15, 0.2) is 0 Å². The Morgan fingerprint density at radius 2 is 1.43 bits per heavy atom. The second kappa shape index (κ2) is 5.41. The van der Waals surface area contributed by atoms with Crippen LogP contribution in [0.5, 0.6) is 0 Å². The molecule has 0 amide bonds. The molecule has 0 aliphatic heterocycles. The Bertz CT molecular complexity index is 158. The van der Waals surface area contributed by atoms with E-state index in [1.54, 1.807) is 0 Å². The molecule has 1 nitrogen and oxygen atoms in total. The van der Waals surface area contributed by atoms with Gasteiger partial charge in [0.1, 0.15) is 0 Å². The lowest BCUT2D eigenvalue weighted by molar-refractivity contribution is 0.342. The Kier molecular flexibility index (Phi) is 4.18. The van der Waals surface area contributed by atoms with E-state index < -0.39 is 0 Å². The molecule has 2 aliphatic carbocycles. The summed E-state index contributed by atoms with van der Waals surface area (Å²) in [4.78, 5) is 0. The average Bonchev–Trinajstić information content (AvgIpc) is 2.72. The summed E-state index contributed by atoms with van der Waals surface area (Å²) < 4.78 is 0. The van der Waals surface area contributed by atoms with Gasteiger partial charge in [-0.3, -0.25) is 0 Å². The van der Waals surface area contributed by atoms with Crippen molar-refractivity contribution >= 4 is 11.8 Å². The number of nitrogens with one attached hydrogen (secondary N) is 1. The van der Waals surface area contributed by atoms with E-state index in [-0.39, 0.29) is 0 Å². The van der Waals surface area contributed by atoms with E-state index in [0.717, 1.165) is 17.3 Å². The Balaban J connectivity index is 1.67. The molecule has 0 heterocycles. The number of hydrogen-bond donors (Lipinski definition) is 1. The first-order valence-electron chi connectivity index (χ1n) is 6.17. The molecular formula is C12H23NS. The predicted molar refractivity (Wildman–Crippen MR) is 65.0 cm³/mol. The maximum atomic E-state index is 3.85. The van der Waals surface area contributed by atoms with Gasteiger partial charge in [-0.25, -0.2) is 0 Å². The minimum atomic E-state index is 0.849. The second-order valence-electron chi connectivity index (χ2n) is 4.86. The quantitative estimate of drug-likeness (QED) is 0.772. The van der Waals surface area contributed by atoms with E-state index in [2.05, 4.69) is 23.3 Å². The van der Waals surface area contributed by atoms with Crippen LogP contribution in [0.4, 0.5) is 0 Å². The van der Waals surface area contributed by atoms with Crippen LogP contribution in [0, 0.1) is 0 Å². The minimum Gasteiger partial charge on any atom is -0.311 e. The van der Waals surface area contributed by atoms with Gasteiger partial charge in [-0.1, -0.05) is 12.8 Å². The minimum absolute atomic E-state index is 0.849. The summed E-state index contributed by atoms with van der Waals surface area (Å²) in [7, 11) is 0. The van der Waals surface area contributed by atoms with Gasteiger partial charge in [0, 0.05) is 17.3 Å². The van der Waals surface area contributed by atoms with Crippen molar-refractivity contribution in [1.82, 2.24) is 5.32 Å². The van der Waals surface area contributed by atoms with Gasteiger partial charge in [-0.05, 0) is 44.8 Å². The highest BCUT2D eigenvalue weighted by Crippen LogP contribution is 2.28. The number of rotatable bonds is 3. The Morgan fingerprint density at radius 1 is 0.857 bits per heavy atom. The summed E-state index contributed by atoms with van der Waals surface area (Å²) in [6, 6.07) is 1.72. The highest BCUT2D eigenvalue weighted by atomic mass is 32.2. The molecule has 0 spiro atoms. The topological polar surface area (TPSA) is 12.0 Å². The largest absolute Gasteiger partial charge is 0.311 e. The lowest BCUT2D eigenvalue weighted by Gasteiger charge is -2.30. The SMILES string of the molecule is CSC1CCC(NC2CCCC2)CC1. The predicted octanol–water partition coefficient (Wildman–Crippen LogP) is 3.19. The highest BCUT2D eigenvalue weighted by Gasteiger charge is 2.23. The van der Waals surface area contributed by atoms with Gasteiger partial charge >= 0.3 is 0 Å². The van der Waals surface area contributed by atoms with Crippen molar-refractivity contribution in [2.45, 2.75) is 68.7 Å². The summed E-state index contributed by atoms with van der Waals surface area (Å²) >= 11 is 2.06. The normalized spacial score (nSPS) is 34.9. The van der Waals surface area contributed by atoms with Gasteiger partial charge in [-0.2, -0.15) is 11.8 Å².